The van der Waals surface area contributed by atoms with E-state index in [0.29, 0.717) is 0 Å². The maximum atomic E-state index is 11.2. The summed E-state index contributed by atoms with van der Waals surface area (Å²) in [4.78, 5) is 33.3. The fourth-order valence-electron chi connectivity index (χ4n) is 2.36. The summed E-state index contributed by atoms with van der Waals surface area (Å²) in [5, 5.41) is 0. The molecule has 7 heteroatoms. The van der Waals surface area contributed by atoms with Crippen molar-refractivity contribution in [2.45, 2.75) is 53.1 Å². The molecule has 7 nitrogen and oxygen atoms in total. The Morgan fingerprint density at radius 1 is 0.905 bits per heavy atom. The lowest BCUT2D eigenvalue weighted by molar-refractivity contribution is -0.263. The van der Waals surface area contributed by atoms with Crippen LogP contribution in [-0.4, -0.2) is 43.0 Å². The first-order valence-corrected chi connectivity index (χ1v) is 6.85. The molecule has 0 bridgehead atoms. The van der Waals surface area contributed by atoms with Gasteiger partial charge in [0.1, 0.15) is 18.8 Å². The fraction of sp³-hybridized carbons (Fsp3) is 0.786. The van der Waals surface area contributed by atoms with Gasteiger partial charge in [0.15, 0.2) is 0 Å². The molecular weight excluding hydrogens is 280 g/mol. The third kappa shape index (κ3) is 5.00. The number of carbonyl (C=O) groups is 3. The zero-order chi connectivity index (χ0) is 16.2. The molecule has 1 fully saturated rings. The number of hydrogen-bond acceptors (Lipinski definition) is 7. The van der Waals surface area contributed by atoms with Crippen molar-refractivity contribution >= 4 is 17.9 Å². The predicted octanol–water partition coefficient (Wildman–Crippen LogP) is 1.04. The summed E-state index contributed by atoms with van der Waals surface area (Å²) in [5.41, 5.74) is 0. The fourth-order valence-corrected chi connectivity index (χ4v) is 2.36. The van der Waals surface area contributed by atoms with Gasteiger partial charge in [0.25, 0.3) is 0 Å². The van der Waals surface area contributed by atoms with Gasteiger partial charge < -0.3 is 18.9 Å². The number of ether oxygens (including phenoxy) is 4. The summed E-state index contributed by atoms with van der Waals surface area (Å²) in [7, 11) is 0. The second-order valence-corrected chi connectivity index (χ2v) is 5.25. The predicted molar refractivity (Wildman–Crippen MR) is 70.9 cm³/mol. The Morgan fingerprint density at radius 2 is 1.48 bits per heavy atom. The highest BCUT2D eigenvalue weighted by molar-refractivity contribution is 5.67. The third-order valence-electron chi connectivity index (χ3n) is 3.40. The van der Waals surface area contributed by atoms with E-state index in [9.17, 15) is 14.4 Å². The summed E-state index contributed by atoms with van der Waals surface area (Å²) in [5.74, 6) is -1.86. The maximum absolute atomic E-state index is 11.2. The van der Waals surface area contributed by atoms with Crippen LogP contribution in [0.15, 0.2) is 0 Å². The molecule has 1 heterocycles. The van der Waals surface area contributed by atoms with Crippen LogP contribution in [0.2, 0.25) is 0 Å². The van der Waals surface area contributed by atoms with Crippen LogP contribution in [0, 0.1) is 11.8 Å². The van der Waals surface area contributed by atoms with E-state index in [4.69, 9.17) is 18.9 Å². The molecule has 1 aliphatic heterocycles. The molecule has 0 aromatic rings. The molecular formula is C14H22O7. The molecule has 0 spiro atoms. The molecule has 0 aliphatic carbocycles. The van der Waals surface area contributed by atoms with Gasteiger partial charge in [-0.15, -0.1) is 0 Å². The minimum atomic E-state index is -0.844. The minimum Gasteiger partial charge on any atom is -0.463 e. The molecule has 0 saturated carbocycles. The van der Waals surface area contributed by atoms with E-state index in [0.717, 1.165) is 0 Å². The van der Waals surface area contributed by atoms with Gasteiger partial charge in [0.2, 0.25) is 6.29 Å². The molecule has 1 rings (SSSR count). The first kappa shape index (κ1) is 17.4. The van der Waals surface area contributed by atoms with Crippen molar-refractivity contribution in [3.63, 3.8) is 0 Å². The lowest BCUT2D eigenvalue weighted by atomic mass is 9.86. The van der Waals surface area contributed by atoms with E-state index in [1.807, 2.05) is 6.92 Å². The van der Waals surface area contributed by atoms with Crippen LogP contribution in [0.5, 0.6) is 0 Å². The van der Waals surface area contributed by atoms with Crippen molar-refractivity contribution in [2.24, 2.45) is 11.8 Å². The minimum absolute atomic E-state index is 0.0126. The van der Waals surface area contributed by atoms with E-state index in [-0.39, 0.29) is 18.4 Å². The van der Waals surface area contributed by atoms with Crippen molar-refractivity contribution in [1.82, 2.24) is 0 Å². The van der Waals surface area contributed by atoms with Crippen LogP contribution in [0.3, 0.4) is 0 Å². The standard InChI is InChI=1S/C14H22O7/c1-7-12(6-18-9(3)15)21-14(20-11(5)17)8(2)13(7)19-10(4)16/h7-8,12-14H,6H2,1-5H3/t7-,8+,12+,13-,14?/m1/s1. The molecule has 1 unspecified atom stereocenters. The second kappa shape index (κ2) is 7.40. The number of esters is 3. The summed E-state index contributed by atoms with van der Waals surface area (Å²) >= 11 is 0. The number of hydrogen-bond donors (Lipinski definition) is 0. The van der Waals surface area contributed by atoms with Gasteiger partial charge >= 0.3 is 17.9 Å². The average Bonchev–Trinajstić information content (AvgIpc) is 2.35. The molecule has 0 aromatic heterocycles. The highest BCUT2D eigenvalue weighted by atomic mass is 16.7. The van der Waals surface area contributed by atoms with Crippen LogP contribution in [0.25, 0.3) is 0 Å². The van der Waals surface area contributed by atoms with Gasteiger partial charge in [-0.05, 0) is 0 Å². The summed E-state index contributed by atoms with van der Waals surface area (Å²) in [6.07, 6.45) is -1.84. The average molecular weight is 302 g/mol. The molecule has 21 heavy (non-hydrogen) atoms. The van der Waals surface area contributed by atoms with Crippen LogP contribution in [0.1, 0.15) is 34.6 Å². The number of carbonyl (C=O) groups excluding carboxylic acids is 3. The zero-order valence-electron chi connectivity index (χ0n) is 13.0. The molecule has 1 aliphatic rings. The summed E-state index contributed by atoms with van der Waals surface area (Å²) < 4.78 is 21.0. The van der Waals surface area contributed by atoms with E-state index in [2.05, 4.69) is 0 Å². The van der Waals surface area contributed by atoms with Crippen LogP contribution in [0.4, 0.5) is 0 Å². The molecule has 0 aromatic carbocycles. The highest BCUT2D eigenvalue weighted by Crippen LogP contribution is 2.33. The van der Waals surface area contributed by atoms with Crippen molar-refractivity contribution in [3.05, 3.63) is 0 Å². The molecule has 0 N–H and O–H groups in total. The van der Waals surface area contributed by atoms with Crippen molar-refractivity contribution in [2.75, 3.05) is 6.61 Å². The lowest BCUT2D eigenvalue weighted by Gasteiger charge is -2.42. The van der Waals surface area contributed by atoms with Gasteiger partial charge in [-0.3, -0.25) is 14.4 Å². The molecule has 1 saturated heterocycles. The molecule has 120 valence electrons. The Kier molecular flexibility index (Phi) is 6.14. The SMILES string of the molecule is CC(=O)OC[C@@H]1OC(OC(C)=O)[C@@H](C)[C@H](OC(C)=O)[C@@H]1C. The third-order valence-corrected chi connectivity index (χ3v) is 3.40. The number of rotatable bonds is 4. The van der Waals surface area contributed by atoms with E-state index in [1.165, 1.54) is 20.8 Å². The molecule has 0 amide bonds. The van der Waals surface area contributed by atoms with E-state index < -0.39 is 36.4 Å². The van der Waals surface area contributed by atoms with Crippen LogP contribution < -0.4 is 0 Å². The van der Waals surface area contributed by atoms with Gasteiger partial charge in [0.05, 0.1) is 5.92 Å². The van der Waals surface area contributed by atoms with Gasteiger partial charge in [-0.25, -0.2) is 0 Å². The highest BCUT2D eigenvalue weighted by Gasteiger charge is 2.45. The monoisotopic (exact) mass is 302 g/mol. The first-order chi connectivity index (χ1) is 9.72. The van der Waals surface area contributed by atoms with Crippen molar-refractivity contribution in [3.8, 4) is 0 Å². The maximum Gasteiger partial charge on any atom is 0.304 e. The smallest absolute Gasteiger partial charge is 0.304 e. The normalized spacial score (nSPS) is 32.1. The Bertz CT molecular complexity index is 406. The van der Waals surface area contributed by atoms with Gasteiger partial charge in [0, 0.05) is 26.7 Å². The van der Waals surface area contributed by atoms with Crippen LogP contribution in [-0.2, 0) is 33.3 Å². The Labute approximate surface area is 123 Å². The van der Waals surface area contributed by atoms with Crippen molar-refractivity contribution in [1.29, 1.82) is 0 Å². The summed E-state index contributed by atoms with van der Waals surface area (Å²) in [6, 6.07) is 0. The second-order valence-electron chi connectivity index (χ2n) is 5.25. The van der Waals surface area contributed by atoms with E-state index in [1.54, 1.807) is 6.92 Å². The Hall–Kier alpha value is -1.63. The van der Waals surface area contributed by atoms with Crippen molar-refractivity contribution < 1.29 is 33.3 Å². The van der Waals surface area contributed by atoms with Gasteiger partial charge in [-0.2, -0.15) is 0 Å². The van der Waals surface area contributed by atoms with Crippen LogP contribution >= 0.6 is 0 Å². The van der Waals surface area contributed by atoms with Gasteiger partial charge in [-0.1, -0.05) is 13.8 Å². The topological polar surface area (TPSA) is 88.1 Å². The molecule has 0 radical (unpaired) electrons. The Morgan fingerprint density at radius 3 is 1.95 bits per heavy atom. The summed E-state index contributed by atoms with van der Waals surface area (Å²) in [6.45, 7) is 7.51. The Balaban J connectivity index is 2.86. The largest absolute Gasteiger partial charge is 0.463 e. The zero-order valence-corrected chi connectivity index (χ0v) is 13.0. The van der Waals surface area contributed by atoms with E-state index >= 15 is 0 Å². The molecule has 5 atom stereocenters. The lowest BCUT2D eigenvalue weighted by Crippen LogP contribution is -2.53. The first-order valence-electron chi connectivity index (χ1n) is 6.85. The quantitative estimate of drug-likeness (QED) is 0.566.